The second kappa shape index (κ2) is 4.77. The quantitative estimate of drug-likeness (QED) is 0.801. The van der Waals surface area contributed by atoms with Crippen molar-refractivity contribution in [1.29, 1.82) is 0 Å². The lowest BCUT2D eigenvalue weighted by Crippen LogP contribution is -2.15. The molecule has 2 heterocycles. The molecule has 0 unspecified atom stereocenters. The molecule has 4 heteroatoms. The van der Waals surface area contributed by atoms with Crippen molar-refractivity contribution in [2.24, 2.45) is 12.8 Å². The van der Waals surface area contributed by atoms with E-state index < -0.39 is 0 Å². The molecule has 1 aromatic heterocycles. The Bertz CT molecular complexity index is 316. The molecule has 2 rings (SSSR count). The van der Waals surface area contributed by atoms with E-state index in [9.17, 15) is 0 Å². The summed E-state index contributed by atoms with van der Waals surface area (Å²) in [5, 5.41) is 4.47. The highest BCUT2D eigenvalue weighted by molar-refractivity contribution is 5.22. The fourth-order valence-corrected chi connectivity index (χ4v) is 2.23. The summed E-state index contributed by atoms with van der Waals surface area (Å²) in [6.07, 6.45) is 5.25. The monoisotopic (exact) mass is 209 g/mol. The summed E-state index contributed by atoms with van der Waals surface area (Å²) in [7, 11) is 1.98. The average molecular weight is 209 g/mol. The number of nitrogens with two attached hydrogens (primary N) is 1. The van der Waals surface area contributed by atoms with Gasteiger partial charge in [0.1, 0.15) is 0 Å². The van der Waals surface area contributed by atoms with Crippen molar-refractivity contribution in [1.82, 2.24) is 9.78 Å². The Morgan fingerprint density at radius 3 is 2.93 bits per heavy atom. The van der Waals surface area contributed by atoms with Gasteiger partial charge in [0.2, 0.25) is 0 Å². The Hall–Kier alpha value is -0.870. The molecule has 1 fully saturated rings. The van der Waals surface area contributed by atoms with Crippen molar-refractivity contribution in [2.45, 2.75) is 25.2 Å². The molecule has 1 saturated heterocycles. The van der Waals surface area contributed by atoms with Crippen LogP contribution in [0.1, 0.15) is 30.0 Å². The third-order valence-electron chi connectivity index (χ3n) is 2.98. The van der Waals surface area contributed by atoms with Crippen LogP contribution >= 0.6 is 0 Å². The minimum absolute atomic E-state index is 0.619. The predicted octanol–water partition coefficient (Wildman–Crippen LogP) is 0.815. The molecule has 2 N–H and O–H groups in total. The number of rotatable bonds is 3. The second-order valence-corrected chi connectivity index (χ2v) is 4.13. The normalized spacial score (nSPS) is 18.3. The zero-order valence-corrected chi connectivity index (χ0v) is 9.28. The van der Waals surface area contributed by atoms with Crippen LogP contribution < -0.4 is 5.73 Å². The summed E-state index contributed by atoms with van der Waals surface area (Å²) in [6, 6.07) is 0. The fourth-order valence-electron chi connectivity index (χ4n) is 2.23. The maximum atomic E-state index is 5.59. The summed E-state index contributed by atoms with van der Waals surface area (Å²) >= 11 is 0. The predicted molar refractivity (Wildman–Crippen MR) is 58.8 cm³/mol. The Morgan fingerprint density at radius 1 is 1.53 bits per heavy atom. The van der Waals surface area contributed by atoms with E-state index in [0.29, 0.717) is 12.5 Å². The SMILES string of the molecule is Cn1cc(C2CCOCC2)c(CCN)n1. The van der Waals surface area contributed by atoms with Gasteiger partial charge in [-0.25, -0.2) is 0 Å². The van der Waals surface area contributed by atoms with Gasteiger partial charge >= 0.3 is 0 Å². The molecule has 0 radical (unpaired) electrons. The van der Waals surface area contributed by atoms with Crippen LogP contribution in [0.4, 0.5) is 0 Å². The fraction of sp³-hybridized carbons (Fsp3) is 0.727. The lowest BCUT2D eigenvalue weighted by molar-refractivity contribution is 0.0851. The van der Waals surface area contributed by atoms with Crippen molar-refractivity contribution in [3.63, 3.8) is 0 Å². The number of aromatic nitrogens is 2. The largest absolute Gasteiger partial charge is 0.381 e. The van der Waals surface area contributed by atoms with Crippen LogP contribution in [-0.2, 0) is 18.2 Å². The van der Waals surface area contributed by atoms with Gasteiger partial charge in [0.05, 0.1) is 5.69 Å². The summed E-state index contributed by atoms with van der Waals surface area (Å²) in [5.41, 5.74) is 8.15. The molecule has 0 atom stereocenters. The summed E-state index contributed by atoms with van der Waals surface area (Å²) in [4.78, 5) is 0. The number of nitrogens with zero attached hydrogens (tertiary/aromatic N) is 2. The maximum absolute atomic E-state index is 5.59. The highest BCUT2D eigenvalue weighted by atomic mass is 16.5. The Labute approximate surface area is 90.4 Å². The van der Waals surface area contributed by atoms with Gasteiger partial charge < -0.3 is 10.5 Å². The van der Waals surface area contributed by atoms with Crippen LogP contribution in [0.3, 0.4) is 0 Å². The number of hydrogen-bond acceptors (Lipinski definition) is 3. The van der Waals surface area contributed by atoms with E-state index in [-0.39, 0.29) is 0 Å². The molecule has 0 amide bonds. The first-order valence-corrected chi connectivity index (χ1v) is 5.61. The first-order valence-electron chi connectivity index (χ1n) is 5.61. The lowest BCUT2D eigenvalue weighted by atomic mass is 9.91. The van der Waals surface area contributed by atoms with E-state index in [4.69, 9.17) is 10.5 Å². The summed E-state index contributed by atoms with van der Waals surface area (Å²) in [6.45, 7) is 2.43. The van der Waals surface area contributed by atoms with E-state index in [2.05, 4.69) is 11.3 Å². The minimum Gasteiger partial charge on any atom is -0.381 e. The highest BCUT2D eigenvalue weighted by Crippen LogP contribution is 2.28. The molecule has 0 bridgehead atoms. The zero-order valence-electron chi connectivity index (χ0n) is 9.28. The second-order valence-electron chi connectivity index (χ2n) is 4.13. The first kappa shape index (κ1) is 10.6. The molecule has 0 aromatic carbocycles. The van der Waals surface area contributed by atoms with Crippen LogP contribution in [0.25, 0.3) is 0 Å². The van der Waals surface area contributed by atoms with Crippen LogP contribution in [0.5, 0.6) is 0 Å². The third kappa shape index (κ3) is 2.38. The van der Waals surface area contributed by atoms with E-state index in [0.717, 1.165) is 32.5 Å². The van der Waals surface area contributed by atoms with Gasteiger partial charge in [0, 0.05) is 32.9 Å². The molecule has 0 aliphatic carbocycles. The molecule has 0 spiro atoms. The van der Waals surface area contributed by atoms with Gasteiger partial charge in [-0.05, 0) is 30.9 Å². The van der Waals surface area contributed by atoms with Crippen LogP contribution in [0.15, 0.2) is 6.20 Å². The minimum atomic E-state index is 0.619. The topological polar surface area (TPSA) is 53.1 Å². The van der Waals surface area contributed by atoms with E-state index in [1.165, 1.54) is 11.3 Å². The Morgan fingerprint density at radius 2 is 2.27 bits per heavy atom. The molecule has 15 heavy (non-hydrogen) atoms. The Kier molecular flexibility index (Phi) is 3.38. The molecule has 1 aliphatic rings. The molecule has 1 aliphatic heterocycles. The maximum Gasteiger partial charge on any atom is 0.0671 e. The first-order chi connectivity index (χ1) is 7.31. The third-order valence-corrected chi connectivity index (χ3v) is 2.98. The molecule has 0 saturated carbocycles. The molecular formula is C11H19N3O. The van der Waals surface area contributed by atoms with Crippen LogP contribution in [-0.4, -0.2) is 29.5 Å². The molecule has 84 valence electrons. The summed E-state index contributed by atoms with van der Waals surface area (Å²) < 4.78 is 7.27. The number of aryl methyl sites for hydroxylation is 1. The number of hydrogen-bond donors (Lipinski definition) is 1. The average Bonchev–Trinajstić information content (AvgIpc) is 2.62. The Balaban J connectivity index is 2.17. The van der Waals surface area contributed by atoms with Gasteiger partial charge in [0.15, 0.2) is 0 Å². The van der Waals surface area contributed by atoms with E-state index >= 15 is 0 Å². The number of ether oxygens (including phenoxy) is 1. The van der Waals surface area contributed by atoms with Crippen molar-refractivity contribution in [3.05, 3.63) is 17.5 Å². The van der Waals surface area contributed by atoms with Gasteiger partial charge in [-0.3, -0.25) is 4.68 Å². The zero-order chi connectivity index (χ0) is 10.7. The lowest BCUT2D eigenvalue weighted by Gasteiger charge is -2.21. The highest BCUT2D eigenvalue weighted by Gasteiger charge is 2.20. The van der Waals surface area contributed by atoms with Crippen molar-refractivity contribution in [2.75, 3.05) is 19.8 Å². The van der Waals surface area contributed by atoms with E-state index in [1.54, 1.807) is 0 Å². The standard InChI is InChI=1S/C11H19N3O/c1-14-8-10(11(13-14)2-5-12)9-3-6-15-7-4-9/h8-9H,2-7,12H2,1H3. The van der Waals surface area contributed by atoms with Crippen molar-refractivity contribution in [3.8, 4) is 0 Å². The van der Waals surface area contributed by atoms with E-state index in [1.807, 2.05) is 11.7 Å². The van der Waals surface area contributed by atoms with Gasteiger partial charge in [-0.2, -0.15) is 5.10 Å². The van der Waals surface area contributed by atoms with Gasteiger partial charge in [-0.1, -0.05) is 0 Å². The smallest absolute Gasteiger partial charge is 0.0671 e. The van der Waals surface area contributed by atoms with Crippen molar-refractivity contribution < 1.29 is 4.74 Å². The molecule has 1 aromatic rings. The van der Waals surface area contributed by atoms with Crippen LogP contribution in [0.2, 0.25) is 0 Å². The summed E-state index contributed by atoms with van der Waals surface area (Å²) in [5.74, 6) is 0.619. The van der Waals surface area contributed by atoms with Crippen molar-refractivity contribution >= 4 is 0 Å². The van der Waals surface area contributed by atoms with Gasteiger partial charge in [-0.15, -0.1) is 0 Å². The van der Waals surface area contributed by atoms with Crippen LogP contribution in [0, 0.1) is 0 Å². The van der Waals surface area contributed by atoms with Gasteiger partial charge in [0.25, 0.3) is 0 Å². The molecular weight excluding hydrogens is 190 g/mol. The molecule has 4 nitrogen and oxygen atoms in total.